The molecule has 1 unspecified atom stereocenters. The second-order valence-electron chi connectivity index (χ2n) is 6.11. The summed E-state index contributed by atoms with van der Waals surface area (Å²) in [6, 6.07) is 7.59. The minimum atomic E-state index is 0.133. The van der Waals surface area contributed by atoms with Crippen molar-refractivity contribution in [3.05, 3.63) is 29.8 Å². The summed E-state index contributed by atoms with van der Waals surface area (Å²) in [6.07, 6.45) is 4.61. The SMILES string of the molecule is CCOc1ccc(C(=O)C2CCCCC2(C)C)cc1. The molecule has 104 valence electrons. The molecule has 1 saturated carbocycles. The van der Waals surface area contributed by atoms with E-state index in [2.05, 4.69) is 13.8 Å². The molecule has 1 aromatic carbocycles. The highest BCUT2D eigenvalue weighted by molar-refractivity contribution is 5.98. The predicted molar refractivity (Wildman–Crippen MR) is 77.7 cm³/mol. The summed E-state index contributed by atoms with van der Waals surface area (Å²) in [4.78, 5) is 12.6. The van der Waals surface area contributed by atoms with Gasteiger partial charge < -0.3 is 4.74 Å². The largest absolute Gasteiger partial charge is 0.494 e. The van der Waals surface area contributed by atoms with E-state index in [1.807, 2.05) is 31.2 Å². The minimum Gasteiger partial charge on any atom is -0.494 e. The summed E-state index contributed by atoms with van der Waals surface area (Å²) in [5.41, 5.74) is 0.955. The highest BCUT2D eigenvalue weighted by Gasteiger charge is 2.37. The Morgan fingerprint density at radius 1 is 1.26 bits per heavy atom. The van der Waals surface area contributed by atoms with Gasteiger partial charge in [0.15, 0.2) is 5.78 Å². The first-order valence-corrected chi connectivity index (χ1v) is 7.31. The Balaban J connectivity index is 2.14. The molecule has 1 atom stereocenters. The maximum Gasteiger partial charge on any atom is 0.166 e. The number of rotatable bonds is 4. The minimum absolute atomic E-state index is 0.133. The lowest BCUT2D eigenvalue weighted by Crippen LogP contribution is -2.34. The Labute approximate surface area is 116 Å². The van der Waals surface area contributed by atoms with Gasteiger partial charge in [-0.25, -0.2) is 0 Å². The zero-order valence-electron chi connectivity index (χ0n) is 12.2. The molecule has 0 amide bonds. The topological polar surface area (TPSA) is 26.3 Å². The van der Waals surface area contributed by atoms with E-state index in [1.165, 1.54) is 12.8 Å². The Hall–Kier alpha value is -1.31. The third kappa shape index (κ3) is 3.17. The van der Waals surface area contributed by atoms with Crippen molar-refractivity contribution < 1.29 is 9.53 Å². The van der Waals surface area contributed by atoms with Crippen molar-refractivity contribution in [2.45, 2.75) is 46.5 Å². The third-order valence-electron chi connectivity index (χ3n) is 4.27. The van der Waals surface area contributed by atoms with E-state index >= 15 is 0 Å². The molecule has 19 heavy (non-hydrogen) atoms. The fourth-order valence-corrected chi connectivity index (χ4v) is 3.06. The second-order valence-corrected chi connectivity index (χ2v) is 6.11. The molecule has 0 aliphatic heterocycles. The second kappa shape index (κ2) is 5.77. The summed E-state index contributed by atoms with van der Waals surface area (Å²) < 4.78 is 5.42. The lowest BCUT2D eigenvalue weighted by Gasteiger charge is -2.37. The molecule has 0 bridgehead atoms. The van der Waals surface area contributed by atoms with Crippen molar-refractivity contribution in [2.24, 2.45) is 11.3 Å². The maximum atomic E-state index is 12.6. The van der Waals surface area contributed by atoms with E-state index in [0.717, 1.165) is 24.2 Å². The van der Waals surface area contributed by atoms with Crippen LogP contribution in [-0.2, 0) is 0 Å². The lowest BCUT2D eigenvalue weighted by molar-refractivity contribution is 0.0697. The first-order valence-electron chi connectivity index (χ1n) is 7.31. The van der Waals surface area contributed by atoms with Crippen LogP contribution in [0.3, 0.4) is 0 Å². The van der Waals surface area contributed by atoms with Crippen molar-refractivity contribution in [3.63, 3.8) is 0 Å². The summed E-state index contributed by atoms with van der Waals surface area (Å²) in [5, 5.41) is 0. The number of carbonyl (C=O) groups is 1. The molecule has 0 N–H and O–H groups in total. The molecule has 1 fully saturated rings. The van der Waals surface area contributed by atoms with E-state index in [4.69, 9.17) is 4.74 Å². The van der Waals surface area contributed by atoms with Crippen LogP contribution in [0.2, 0.25) is 0 Å². The van der Waals surface area contributed by atoms with Gasteiger partial charge in [-0.2, -0.15) is 0 Å². The number of benzene rings is 1. The number of carbonyl (C=O) groups excluding carboxylic acids is 1. The van der Waals surface area contributed by atoms with Gasteiger partial charge in [0.1, 0.15) is 5.75 Å². The number of hydrogen-bond acceptors (Lipinski definition) is 2. The first kappa shape index (κ1) is 14.1. The third-order valence-corrected chi connectivity index (χ3v) is 4.27. The van der Waals surface area contributed by atoms with Crippen molar-refractivity contribution in [2.75, 3.05) is 6.61 Å². The van der Waals surface area contributed by atoms with Gasteiger partial charge in [-0.3, -0.25) is 4.79 Å². The quantitative estimate of drug-likeness (QED) is 0.746. The summed E-state index contributed by atoms with van der Waals surface area (Å²) >= 11 is 0. The van der Waals surface area contributed by atoms with Crippen molar-refractivity contribution in [1.29, 1.82) is 0 Å². The standard InChI is InChI=1S/C17H24O2/c1-4-19-14-10-8-13(9-11-14)16(18)15-7-5-6-12-17(15,2)3/h8-11,15H,4-7,12H2,1-3H3. The van der Waals surface area contributed by atoms with E-state index in [-0.39, 0.29) is 11.3 Å². The Kier molecular flexibility index (Phi) is 4.28. The molecule has 0 radical (unpaired) electrons. The molecule has 0 saturated heterocycles. The van der Waals surface area contributed by atoms with Crippen LogP contribution in [0.5, 0.6) is 5.75 Å². The van der Waals surface area contributed by atoms with Gasteiger partial charge in [0.2, 0.25) is 0 Å². The van der Waals surface area contributed by atoms with Crippen molar-refractivity contribution >= 4 is 5.78 Å². The lowest BCUT2D eigenvalue weighted by atomic mass is 9.66. The van der Waals surface area contributed by atoms with Gasteiger partial charge in [0.05, 0.1) is 6.61 Å². The number of Topliss-reactive ketones (excluding diaryl/α,β-unsaturated/α-hetero) is 1. The molecule has 1 aliphatic rings. The van der Waals surface area contributed by atoms with E-state index in [9.17, 15) is 4.79 Å². The fourth-order valence-electron chi connectivity index (χ4n) is 3.06. The normalized spacial score (nSPS) is 21.9. The molecule has 0 spiro atoms. The smallest absolute Gasteiger partial charge is 0.166 e. The van der Waals surface area contributed by atoms with Gasteiger partial charge in [0, 0.05) is 11.5 Å². The molecule has 2 rings (SSSR count). The van der Waals surface area contributed by atoms with Crippen LogP contribution in [0, 0.1) is 11.3 Å². The Morgan fingerprint density at radius 3 is 2.53 bits per heavy atom. The number of ketones is 1. The average molecular weight is 260 g/mol. The highest BCUT2D eigenvalue weighted by Crippen LogP contribution is 2.42. The molecule has 1 aliphatic carbocycles. The molecule has 2 heteroatoms. The first-order chi connectivity index (χ1) is 9.04. The molecule has 2 nitrogen and oxygen atoms in total. The summed E-state index contributed by atoms with van der Waals surface area (Å²) in [5.74, 6) is 1.30. The maximum absolute atomic E-state index is 12.6. The van der Waals surface area contributed by atoms with Crippen LogP contribution in [-0.4, -0.2) is 12.4 Å². The van der Waals surface area contributed by atoms with Crippen LogP contribution in [0.25, 0.3) is 0 Å². The monoisotopic (exact) mass is 260 g/mol. The zero-order valence-corrected chi connectivity index (χ0v) is 12.2. The van der Waals surface area contributed by atoms with E-state index < -0.39 is 0 Å². The van der Waals surface area contributed by atoms with Gasteiger partial charge in [-0.15, -0.1) is 0 Å². The van der Waals surface area contributed by atoms with Crippen LogP contribution in [0.4, 0.5) is 0 Å². The summed E-state index contributed by atoms with van der Waals surface area (Å²) in [7, 11) is 0. The molecule has 1 aromatic rings. The van der Waals surface area contributed by atoms with E-state index in [1.54, 1.807) is 0 Å². The number of ether oxygens (including phenoxy) is 1. The van der Waals surface area contributed by atoms with Crippen LogP contribution in [0.1, 0.15) is 56.8 Å². The van der Waals surface area contributed by atoms with Gasteiger partial charge in [-0.05, 0) is 49.4 Å². The van der Waals surface area contributed by atoms with Crippen LogP contribution in [0.15, 0.2) is 24.3 Å². The Morgan fingerprint density at radius 2 is 1.95 bits per heavy atom. The zero-order chi connectivity index (χ0) is 13.9. The van der Waals surface area contributed by atoms with Gasteiger partial charge >= 0.3 is 0 Å². The van der Waals surface area contributed by atoms with E-state index in [0.29, 0.717) is 12.4 Å². The number of hydrogen-bond donors (Lipinski definition) is 0. The molecule has 0 aromatic heterocycles. The highest BCUT2D eigenvalue weighted by atomic mass is 16.5. The van der Waals surface area contributed by atoms with Crippen LogP contribution >= 0.6 is 0 Å². The molecular formula is C17H24O2. The van der Waals surface area contributed by atoms with Gasteiger partial charge in [0.25, 0.3) is 0 Å². The van der Waals surface area contributed by atoms with Crippen molar-refractivity contribution in [1.82, 2.24) is 0 Å². The van der Waals surface area contributed by atoms with Gasteiger partial charge in [-0.1, -0.05) is 26.7 Å². The van der Waals surface area contributed by atoms with Crippen LogP contribution < -0.4 is 4.74 Å². The predicted octanol–water partition coefficient (Wildman–Crippen LogP) is 4.48. The average Bonchev–Trinajstić information content (AvgIpc) is 2.39. The Bertz CT molecular complexity index is 431. The summed E-state index contributed by atoms with van der Waals surface area (Å²) in [6.45, 7) is 7.07. The molecule has 0 heterocycles. The fraction of sp³-hybridized carbons (Fsp3) is 0.588. The molecular weight excluding hydrogens is 236 g/mol. The van der Waals surface area contributed by atoms with Crippen molar-refractivity contribution in [3.8, 4) is 5.75 Å².